The Morgan fingerprint density at radius 1 is 1.53 bits per heavy atom. The van der Waals surface area contributed by atoms with Crippen molar-refractivity contribution in [2.75, 3.05) is 13.6 Å². The van der Waals surface area contributed by atoms with Crippen molar-refractivity contribution in [1.29, 1.82) is 0 Å². The maximum Gasteiger partial charge on any atom is 0.273 e. The summed E-state index contributed by atoms with van der Waals surface area (Å²) < 4.78 is 13.5. The van der Waals surface area contributed by atoms with Crippen molar-refractivity contribution in [3.63, 3.8) is 0 Å². The first-order valence-electron chi connectivity index (χ1n) is 5.14. The Morgan fingerprint density at radius 3 is 2.82 bits per heavy atom. The van der Waals surface area contributed by atoms with Gasteiger partial charge in [-0.3, -0.25) is 10.1 Å². The summed E-state index contributed by atoms with van der Waals surface area (Å²) in [6.45, 7) is 2.20. The van der Waals surface area contributed by atoms with Gasteiger partial charge in [-0.2, -0.15) is 0 Å². The van der Waals surface area contributed by atoms with E-state index < -0.39 is 10.7 Å². The molecule has 0 aliphatic carbocycles. The molecule has 0 atom stereocenters. The van der Waals surface area contributed by atoms with Gasteiger partial charge in [0.05, 0.1) is 10.5 Å². The molecule has 1 N–H and O–H groups in total. The van der Waals surface area contributed by atoms with Crippen LogP contribution in [0.5, 0.6) is 0 Å². The van der Waals surface area contributed by atoms with E-state index in [9.17, 15) is 14.5 Å². The third-order valence-electron chi connectivity index (χ3n) is 2.21. The Labute approximate surface area is 99.0 Å². The van der Waals surface area contributed by atoms with Crippen LogP contribution in [-0.2, 0) is 0 Å². The van der Waals surface area contributed by atoms with Crippen molar-refractivity contribution in [2.45, 2.75) is 13.3 Å². The highest BCUT2D eigenvalue weighted by Gasteiger charge is 2.14. The molecule has 1 aromatic carbocycles. The Kier molecular flexibility index (Phi) is 4.61. The molecule has 0 aliphatic heterocycles. The van der Waals surface area contributed by atoms with E-state index in [4.69, 9.17) is 0 Å². The van der Waals surface area contributed by atoms with Crippen LogP contribution in [0.15, 0.2) is 12.1 Å². The summed E-state index contributed by atoms with van der Waals surface area (Å²) in [4.78, 5) is 10.2. The van der Waals surface area contributed by atoms with Gasteiger partial charge in [0, 0.05) is 24.6 Å². The number of aryl methyl sites for hydroxylation is 1. The quantitative estimate of drug-likeness (QED) is 0.378. The molecule has 0 amide bonds. The standard InChI is InChI=1S/C12H13FN2O2/c1-9-7-11(13)10(5-3-4-6-14-2)8-12(9)15(16)17/h7-8,14H,4,6H2,1-2H3. The molecule has 0 heterocycles. The van der Waals surface area contributed by atoms with Crippen molar-refractivity contribution in [2.24, 2.45) is 0 Å². The minimum Gasteiger partial charge on any atom is -0.319 e. The first kappa shape index (κ1) is 13.1. The predicted octanol–water partition coefficient (Wildman–Crippen LogP) is 2.00. The molecule has 0 unspecified atom stereocenters. The van der Waals surface area contributed by atoms with Gasteiger partial charge in [-0.25, -0.2) is 4.39 Å². The number of benzene rings is 1. The lowest BCUT2D eigenvalue weighted by Gasteiger charge is -1.99. The molecular formula is C12H13FN2O2. The highest BCUT2D eigenvalue weighted by atomic mass is 19.1. The maximum atomic E-state index is 13.5. The summed E-state index contributed by atoms with van der Waals surface area (Å²) in [5.41, 5.74) is 0.260. The van der Waals surface area contributed by atoms with Crippen LogP contribution in [0, 0.1) is 34.7 Å². The zero-order valence-electron chi connectivity index (χ0n) is 9.71. The molecule has 5 heteroatoms. The lowest BCUT2D eigenvalue weighted by Crippen LogP contribution is -2.05. The van der Waals surface area contributed by atoms with Crippen molar-refractivity contribution in [3.8, 4) is 11.8 Å². The maximum absolute atomic E-state index is 13.5. The largest absolute Gasteiger partial charge is 0.319 e. The van der Waals surface area contributed by atoms with Crippen LogP contribution >= 0.6 is 0 Å². The molecule has 0 radical (unpaired) electrons. The lowest BCUT2D eigenvalue weighted by molar-refractivity contribution is -0.385. The second-order valence-corrected chi connectivity index (χ2v) is 3.53. The number of nitro benzene ring substituents is 1. The highest BCUT2D eigenvalue weighted by Crippen LogP contribution is 2.21. The molecule has 90 valence electrons. The SMILES string of the molecule is CNCCC#Cc1cc([N+](=O)[O-])c(C)cc1F. The zero-order valence-corrected chi connectivity index (χ0v) is 9.71. The van der Waals surface area contributed by atoms with Crippen LogP contribution in [-0.4, -0.2) is 18.5 Å². The number of nitrogens with one attached hydrogen (secondary N) is 1. The highest BCUT2D eigenvalue weighted by molar-refractivity contribution is 5.49. The second kappa shape index (κ2) is 5.97. The fourth-order valence-corrected chi connectivity index (χ4v) is 1.30. The van der Waals surface area contributed by atoms with E-state index in [2.05, 4.69) is 17.2 Å². The third-order valence-corrected chi connectivity index (χ3v) is 2.21. The van der Waals surface area contributed by atoms with Gasteiger partial charge in [-0.1, -0.05) is 11.8 Å². The second-order valence-electron chi connectivity index (χ2n) is 3.53. The van der Waals surface area contributed by atoms with E-state index in [1.54, 1.807) is 7.05 Å². The number of hydrogen-bond donors (Lipinski definition) is 1. The normalized spacial score (nSPS) is 9.59. The van der Waals surface area contributed by atoms with Crippen LogP contribution in [0.25, 0.3) is 0 Å². The Hall–Kier alpha value is -1.93. The zero-order chi connectivity index (χ0) is 12.8. The average molecular weight is 236 g/mol. The summed E-state index contributed by atoms with van der Waals surface area (Å²) in [5, 5.41) is 13.6. The number of nitrogens with zero attached hydrogens (tertiary/aromatic N) is 1. The first-order chi connectivity index (χ1) is 8.06. The predicted molar refractivity (Wildman–Crippen MR) is 63.2 cm³/mol. The monoisotopic (exact) mass is 236 g/mol. The minimum absolute atomic E-state index is 0.0680. The van der Waals surface area contributed by atoms with Gasteiger partial charge in [0.25, 0.3) is 5.69 Å². The molecule has 0 aromatic heterocycles. The number of nitro groups is 1. The van der Waals surface area contributed by atoms with Gasteiger partial charge in [0.1, 0.15) is 5.82 Å². The van der Waals surface area contributed by atoms with Crippen LogP contribution in [0.2, 0.25) is 0 Å². The molecular weight excluding hydrogens is 223 g/mol. The molecule has 0 saturated heterocycles. The number of halogens is 1. The van der Waals surface area contributed by atoms with E-state index in [1.165, 1.54) is 13.0 Å². The Bertz CT molecular complexity index is 489. The molecule has 1 aromatic rings. The first-order valence-corrected chi connectivity index (χ1v) is 5.14. The van der Waals surface area contributed by atoms with Crippen molar-refractivity contribution in [3.05, 3.63) is 39.2 Å². The van der Waals surface area contributed by atoms with E-state index >= 15 is 0 Å². The lowest BCUT2D eigenvalue weighted by atomic mass is 10.1. The fraction of sp³-hybridized carbons (Fsp3) is 0.333. The summed E-state index contributed by atoms with van der Waals surface area (Å²) in [6, 6.07) is 2.32. The minimum atomic E-state index is -0.534. The van der Waals surface area contributed by atoms with Crippen LogP contribution < -0.4 is 5.32 Å². The third kappa shape index (κ3) is 3.54. The average Bonchev–Trinajstić information content (AvgIpc) is 2.26. The van der Waals surface area contributed by atoms with Gasteiger partial charge < -0.3 is 5.32 Å². The van der Waals surface area contributed by atoms with E-state index in [0.717, 1.165) is 6.07 Å². The van der Waals surface area contributed by atoms with Gasteiger partial charge in [-0.05, 0) is 20.0 Å². The molecule has 4 nitrogen and oxygen atoms in total. The van der Waals surface area contributed by atoms with Gasteiger partial charge in [0.15, 0.2) is 0 Å². The molecule has 1 rings (SSSR count). The molecule has 17 heavy (non-hydrogen) atoms. The number of rotatable bonds is 3. The molecule has 0 fully saturated rings. The van der Waals surface area contributed by atoms with E-state index in [1.807, 2.05) is 0 Å². The van der Waals surface area contributed by atoms with Crippen molar-refractivity contribution < 1.29 is 9.31 Å². The molecule has 0 bridgehead atoms. The van der Waals surface area contributed by atoms with E-state index in [-0.39, 0.29) is 11.3 Å². The van der Waals surface area contributed by atoms with Crippen LogP contribution in [0.4, 0.5) is 10.1 Å². The molecule has 0 spiro atoms. The Balaban J connectivity index is 3.02. The van der Waals surface area contributed by atoms with Crippen LogP contribution in [0.3, 0.4) is 0 Å². The van der Waals surface area contributed by atoms with E-state index in [0.29, 0.717) is 18.5 Å². The summed E-state index contributed by atoms with van der Waals surface area (Å²) in [5.74, 6) is 4.83. The summed E-state index contributed by atoms with van der Waals surface area (Å²) in [7, 11) is 1.79. The van der Waals surface area contributed by atoms with Gasteiger partial charge >= 0.3 is 0 Å². The van der Waals surface area contributed by atoms with Gasteiger partial charge in [0.2, 0.25) is 0 Å². The fourth-order valence-electron chi connectivity index (χ4n) is 1.30. The topological polar surface area (TPSA) is 55.2 Å². The van der Waals surface area contributed by atoms with Crippen molar-refractivity contribution >= 4 is 5.69 Å². The summed E-state index contributed by atoms with van der Waals surface area (Å²) in [6.07, 6.45) is 0.567. The number of hydrogen-bond acceptors (Lipinski definition) is 3. The molecule has 0 aliphatic rings. The van der Waals surface area contributed by atoms with Gasteiger partial charge in [-0.15, -0.1) is 0 Å². The van der Waals surface area contributed by atoms with Crippen LogP contribution in [0.1, 0.15) is 17.5 Å². The Morgan fingerprint density at radius 2 is 2.24 bits per heavy atom. The van der Waals surface area contributed by atoms with Crippen molar-refractivity contribution in [1.82, 2.24) is 5.32 Å². The molecule has 0 saturated carbocycles. The smallest absolute Gasteiger partial charge is 0.273 e. The summed E-state index contributed by atoms with van der Waals surface area (Å²) >= 11 is 0.